The highest BCUT2D eigenvalue weighted by molar-refractivity contribution is 6.28. The Balaban J connectivity index is 0.000000149. The van der Waals surface area contributed by atoms with Gasteiger partial charge >= 0.3 is 0 Å². The summed E-state index contributed by atoms with van der Waals surface area (Å²) in [7, 11) is 0. The molecule has 0 bridgehead atoms. The number of hydrogen-bond acceptors (Lipinski definition) is 10. The Labute approximate surface area is 348 Å². The predicted octanol–water partition coefficient (Wildman–Crippen LogP) is 8.36. The van der Waals surface area contributed by atoms with Gasteiger partial charge in [-0.15, -0.1) is 0 Å². The van der Waals surface area contributed by atoms with Gasteiger partial charge in [0.05, 0.1) is 24.8 Å². The van der Waals surface area contributed by atoms with Gasteiger partial charge < -0.3 is 21.0 Å². The van der Waals surface area contributed by atoms with Crippen molar-refractivity contribution in [3.8, 4) is 22.8 Å². The maximum Gasteiger partial charge on any atom is 0.227 e. The summed E-state index contributed by atoms with van der Waals surface area (Å²) in [6.45, 7) is 5.16. The molecule has 5 N–H and O–H groups in total. The van der Waals surface area contributed by atoms with Gasteiger partial charge in [0.2, 0.25) is 11.2 Å². The number of aromatic nitrogens is 12. The van der Waals surface area contributed by atoms with Crippen LogP contribution in [0.1, 0.15) is 29.7 Å². The lowest BCUT2D eigenvalue weighted by atomic mass is 10.1. The van der Waals surface area contributed by atoms with Crippen LogP contribution in [-0.2, 0) is 12.8 Å². The molecule has 0 amide bonds. The third-order valence-corrected chi connectivity index (χ3v) is 9.66. The Kier molecular flexibility index (Phi) is 12.4. The number of benzene rings is 2. The number of anilines is 1. The van der Waals surface area contributed by atoms with Crippen molar-refractivity contribution in [3.63, 3.8) is 0 Å². The molecule has 304 valence electrons. The number of para-hydroxylation sites is 2. The van der Waals surface area contributed by atoms with Crippen molar-refractivity contribution in [2.75, 3.05) is 18.4 Å². The Morgan fingerprint density at radius 3 is 1.75 bits per heavy atom. The molecule has 0 saturated heterocycles. The molecule has 0 spiro atoms. The van der Waals surface area contributed by atoms with Crippen molar-refractivity contribution >= 4 is 50.6 Å². The van der Waals surface area contributed by atoms with Crippen LogP contribution in [0.15, 0.2) is 110 Å². The Morgan fingerprint density at radius 1 is 0.667 bits per heavy atom. The standard InChI is InChI=1S/C21H18FN7.C11H7ClFN5.C10H12N2.CH4/c1-13-9-26-29-20(13)27-19(15-8-16(22)12-23-10-15)28-21(29)24-7-6-14-11-25-18-5-3-2-4-17(14)18;1-6-3-15-18-10(6)16-9(17-11(18)12)7-2-8(13)5-14-4-7;11-6-5-8-7-12-10-4-2-1-3-9(8)10;/h2-5,8-12,25H,6-7H2,1H3,(H,24,27,28);2-5H,1H3;1-4,7,12H,5-6,11H2;1H4. The first-order valence-corrected chi connectivity index (χ1v) is 19.0. The van der Waals surface area contributed by atoms with Gasteiger partial charge in [-0.25, -0.2) is 18.7 Å². The van der Waals surface area contributed by atoms with E-state index in [2.05, 4.69) is 85.7 Å². The molecule has 10 rings (SSSR count). The Morgan fingerprint density at radius 2 is 1.18 bits per heavy atom. The number of aromatic amines is 2. The van der Waals surface area contributed by atoms with Crippen molar-refractivity contribution in [1.82, 2.24) is 59.1 Å². The number of nitrogens with two attached hydrogens (primary N) is 1. The fourth-order valence-electron chi connectivity index (χ4n) is 6.52. The minimum Gasteiger partial charge on any atom is -0.361 e. The van der Waals surface area contributed by atoms with E-state index in [0.29, 0.717) is 53.1 Å². The summed E-state index contributed by atoms with van der Waals surface area (Å²) in [5, 5.41) is 14.4. The lowest BCUT2D eigenvalue weighted by Gasteiger charge is -2.09. The number of nitrogens with one attached hydrogen (secondary N) is 3. The lowest BCUT2D eigenvalue weighted by Crippen LogP contribution is -2.12. The molecule has 0 radical (unpaired) electrons. The lowest BCUT2D eigenvalue weighted by molar-refractivity contribution is 0.621. The van der Waals surface area contributed by atoms with Gasteiger partial charge in [0.15, 0.2) is 22.9 Å². The summed E-state index contributed by atoms with van der Waals surface area (Å²) in [6, 6.07) is 19.2. The van der Waals surface area contributed by atoms with Crippen molar-refractivity contribution < 1.29 is 8.78 Å². The van der Waals surface area contributed by atoms with Crippen molar-refractivity contribution in [2.24, 2.45) is 5.73 Å². The van der Waals surface area contributed by atoms with Crippen LogP contribution < -0.4 is 11.1 Å². The van der Waals surface area contributed by atoms with Crippen molar-refractivity contribution in [2.45, 2.75) is 34.1 Å². The molecule has 14 nitrogen and oxygen atoms in total. The van der Waals surface area contributed by atoms with E-state index < -0.39 is 11.6 Å². The zero-order valence-corrected chi connectivity index (χ0v) is 32.7. The highest BCUT2D eigenvalue weighted by Crippen LogP contribution is 2.23. The van der Waals surface area contributed by atoms with E-state index in [1.807, 2.05) is 44.4 Å². The van der Waals surface area contributed by atoms with E-state index in [4.69, 9.17) is 17.3 Å². The van der Waals surface area contributed by atoms with Crippen LogP contribution in [0.3, 0.4) is 0 Å². The Bertz CT molecular complexity index is 3040. The van der Waals surface area contributed by atoms with Crippen LogP contribution >= 0.6 is 11.6 Å². The molecular formula is C43H41ClF2N14. The van der Waals surface area contributed by atoms with Gasteiger partial charge in [-0.2, -0.15) is 29.2 Å². The fraction of sp³-hybridized carbons (Fsp3) is 0.163. The van der Waals surface area contributed by atoms with Gasteiger partial charge in [-0.1, -0.05) is 43.8 Å². The summed E-state index contributed by atoms with van der Waals surface area (Å²) in [5.41, 5.74) is 14.4. The predicted molar refractivity (Wildman–Crippen MR) is 231 cm³/mol. The SMILES string of the molecule is C.Cc1cnn2c(Cl)nc(-c3cncc(F)c3)nc12.Cc1cnn2c(NCCc3c[nH]c4ccccc34)nc(-c3cncc(F)c3)nc12.NCCc1c[nH]c2ccccc12. The highest BCUT2D eigenvalue weighted by Gasteiger charge is 2.14. The third kappa shape index (κ3) is 8.79. The van der Waals surface area contributed by atoms with Crippen molar-refractivity contribution in [3.05, 3.63) is 149 Å². The number of halogens is 3. The normalized spacial score (nSPS) is 11.0. The summed E-state index contributed by atoms with van der Waals surface area (Å²) < 4.78 is 29.8. The molecule has 0 aliphatic carbocycles. The van der Waals surface area contributed by atoms with E-state index >= 15 is 0 Å². The monoisotopic (exact) mass is 826 g/mol. The molecule has 0 aliphatic heterocycles. The summed E-state index contributed by atoms with van der Waals surface area (Å²) in [4.78, 5) is 31.7. The molecule has 8 heterocycles. The smallest absolute Gasteiger partial charge is 0.227 e. The molecule has 0 fully saturated rings. The fourth-order valence-corrected chi connectivity index (χ4v) is 6.73. The third-order valence-electron chi connectivity index (χ3n) is 9.42. The number of rotatable bonds is 8. The quantitative estimate of drug-likeness (QED) is 0.116. The summed E-state index contributed by atoms with van der Waals surface area (Å²) in [5.74, 6) is 0.412. The van der Waals surface area contributed by atoms with E-state index in [1.54, 1.807) is 23.1 Å². The van der Waals surface area contributed by atoms with Gasteiger partial charge in [-0.3, -0.25) is 9.97 Å². The largest absolute Gasteiger partial charge is 0.361 e. The molecule has 0 unspecified atom stereocenters. The highest BCUT2D eigenvalue weighted by atomic mass is 35.5. The average Bonchev–Trinajstić information content (AvgIpc) is 4.05. The molecular weight excluding hydrogens is 786 g/mol. The second-order valence-corrected chi connectivity index (χ2v) is 13.9. The molecule has 0 aliphatic rings. The minimum atomic E-state index is -0.447. The van der Waals surface area contributed by atoms with Crippen LogP contribution in [0, 0.1) is 25.5 Å². The van der Waals surface area contributed by atoms with Gasteiger partial charge in [0.25, 0.3) is 0 Å². The maximum absolute atomic E-state index is 13.6. The van der Waals surface area contributed by atoms with Crippen LogP contribution in [0.2, 0.25) is 5.28 Å². The van der Waals surface area contributed by atoms with Crippen LogP contribution in [0.5, 0.6) is 0 Å². The maximum atomic E-state index is 13.6. The molecule has 2 aromatic carbocycles. The first kappa shape index (κ1) is 41.0. The molecule has 0 saturated carbocycles. The first-order valence-electron chi connectivity index (χ1n) is 18.6. The molecule has 17 heteroatoms. The van der Waals surface area contributed by atoms with Gasteiger partial charge in [0, 0.05) is 75.4 Å². The topological polar surface area (TPSA) is 182 Å². The van der Waals surface area contributed by atoms with E-state index in [1.165, 1.54) is 50.3 Å². The van der Waals surface area contributed by atoms with Crippen LogP contribution in [-0.4, -0.2) is 72.2 Å². The summed E-state index contributed by atoms with van der Waals surface area (Å²) >= 11 is 6.00. The molecule has 8 aromatic heterocycles. The zero-order chi connectivity index (χ0) is 40.9. The first-order chi connectivity index (χ1) is 28.7. The van der Waals surface area contributed by atoms with E-state index in [-0.39, 0.29) is 12.7 Å². The van der Waals surface area contributed by atoms with Crippen molar-refractivity contribution in [1.29, 1.82) is 0 Å². The second kappa shape index (κ2) is 18.2. The average molecular weight is 827 g/mol. The molecule has 60 heavy (non-hydrogen) atoms. The number of fused-ring (bicyclic) bond motifs is 4. The van der Waals surface area contributed by atoms with Crippen LogP contribution in [0.4, 0.5) is 14.7 Å². The second-order valence-electron chi connectivity index (χ2n) is 13.5. The van der Waals surface area contributed by atoms with Crippen LogP contribution in [0.25, 0.3) is 55.9 Å². The van der Waals surface area contributed by atoms with Gasteiger partial charge in [-0.05, 0) is 80.2 Å². The van der Waals surface area contributed by atoms with E-state index in [0.717, 1.165) is 41.9 Å². The molecule has 0 atom stereocenters. The number of hydrogen-bond donors (Lipinski definition) is 4. The number of aryl methyl sites for hydroxylation is 2. The Hall–Kier alpha value is -7.17. The van der Waals surface area contributed by atoms with E-state index in [9.17, 15) is 8.78 Å². The summed E-state index contributed by atoms with van der Waals surface area (Å²) in [6.07, 6.45) is 14.5. The number of H-pyrrole nitrogens is 2. The zero-order valence-electron chi connectivity index (χ0n) is 31.9. The minimum absolute atomic E-state index is 0. The van der Waals surface area contributed by atoms with Gasteiger partial charge in [0.1, 0.15) is 11.6 Å². The molecule has 10 aromatic rings. The number of nitrogens with zero attached hydrogens (tertiary/aromatic N) is 10. The number of pyridine rings is 2.